The normalized spacial score (nSPS) is 12.5. The van der Waals surface area contributed by atoms with E-state index >= 15 is 0 Å². The summed E-state index contributed by atoms with van der Waals surface area (Å²) in [6, 6.07) is 5.90. The monoisotopic (exact) mass is 455 g/mol. The van der Waals surface area contributed by atoms with Crippen LogP contribution in [0, 0.1) is 21.0 Å². The van der Waals surface area contributed by atoms with E-state index in [2.05, 4.69) is 21.2 Å². The minimum Gasteiger partial charge on any atom is -0.309 e. The zero-order valence-corrected chi connectivity index (χ0v) is 14.1. The number of rotatable bonds is 3. The largest absolute Gasteiger partial charge is 0.309 e. The van der Waals surface area contributed by atoms with Crippen molar-refractivity contribution in [2.75, 3.05) is 7.05 Å². The molecule has 6 heteroatoms. The molecule has 1 N–H and O–H groups in total. The van der Waals surface area contributed by atoms with E-state index in [0.717, 1.165) is 12.1 Å². The lowest BCUT2D eigenvalue weighted by Crippen LogP contribution is -2.20. The van der Waals surface area contributed by atoms with Crippen molar-refractivity contribution in [2.45, 2.75) is 6.04 Å². The first kappa shape index (κ1) is 15.8. The number of halogens is 5. The molecule has 1 atom stereocenters. The molecule has 0 heterocycles. The molecule has 0 saturated carbocycles. The van der Waals surface area contributed by atoms with E-state index in [1.165, 1.54) is 12.1 Å². The van der Waals surface area contributed by atoms with Crippen LogP contribution in [0.2, 0.25) is 0 Å². The second-order valence-corrected chi connectivity index (χ2v) is 6.19. The summed E-state index contributed by atoms with van der Waals surface area (Å²) in [6.07, 6.45) is 0. The predicted octanol–water partition coefficient (Wildman–Crippen LogP) is 4.78. The molecule has 2 aromatic carbocycles. The Morgan fingerprint density at radius 3 is 2.35 bits per heavy atom. The molecule has 0 aliphatic rings. The van der Waals surface area contributed by atoms with E-state index in [-0.39, 0.29) is 15.9 Å². The molecule has 0 fully saturated rings. The second kappa shape index (κ2) is 6.44. The summed E-state index contributed by atoms with van der Waals surface area (Å²) >= 11 is 4.92. The van der Waals surface area contributed by atoms with Gasteiger partial charge in [0.1, 0.15) is 17.5 Å². The van der Waals surface area contributed by atoms with Gasteiger partial charge in [-0.3, -0.25) is 0 Å². The van der Waals surface area contributed by atoms with Crippen LogP contribution in [-0.4, -0.2) is 7.05 Å². The SMILES string of the molecule is CNC(c1cc(F)c(Br)cc1F)c1ccc(F)cc1I. The molecule has 0 spiro atoms. The van der Waals surface area contributed by atoms with Crippen LogP contribution in [0.25, 0.3) is 0 Å². The van der Waals surface area contributed by atoms with Crippen LogP contribution >= 0.6 is 38.5 Å². The van der Waals surface area contributed by atoms with Gasteiger partial charge in [0.25, 0.3) is 0 Å². The smallest absolute Gasteiger partial charge is 0.137 e. The number of hydrogen-bond acceptors (Lipinski definition) is 1. The molecule has 0 amide bonds. The summed E-state index contributed by atoms with van der Waals surface area (Å²) in [7, 11) is 1.64. The number of nitrogens with one attached hydrogen (secondary N) is 1. The summed E-state index contributed by atoms with van der Waals surface area (Å²) in [5.41, 5.74) is 0.868. The van der Waals surface area contributed by atoms with E-state index < -0.39 is 17.7 Å². The van der Waals surface area contributed by atoms with E-state index in [1.807, 2.05) is 22.6 Å². The maximum atomic E-state index is 14.1. The van der Waals surface area contributed by atoms with Crippen molar-refractivity contribution in [1.29, 1.82) is 0 Å². The van der Waals surface area contributed by atoms with Gasteiger partial charge in [0, 0.05) is 9.13 Å². The van der Waals surface area contributed by atoms with Gasteiger partial charge in [0.15, 0.2) is 0 Å². The van der Waals surface area contributed by atoms with Gasteiger partial charge in [0.05, 0.1) is 10.5 Å². The highest BCUT2D eigenvalue weighted by atomic mass is 127. The van der Waals surface area contributed by atoms with Gasteiger partial charge in [0.2, 0.25) is 0 Å². The summed E-state index contributed by atoms with van der Waals surface area (Å²) in [6.45, 7) is 0. The quantitative estimate of drug-likeness (QED) is 0.518. The maximum Gasteiger partial charge on any atom is 0.137 e. The molecule has 0 aliphatic heterocycles. The Balaban J connectivity index is 2.55. The van der Waals surface area contributed by atoms with Crippen molar-refractivity contribution in [1.82, 2.24) is 5.32 Å². The van der Waals surface area contributed by atoms with Gasteiger partial charge in [-0.05, 0) is 75.4 Å². The zero-order chi connectivity index (χ0) is 14.9. The first-order chi connectivity index (χ1) is 9.43. The van der Waals surface area contributed by atoms with Crippen LogP contribution in [0.4, 0.5) is 13.2 Å². The molecule has 1 unspecified atom stereocenters. The average molecular weight is 456 g/mol. The highest BCUT2D eigenvalue weighted by Gasteiger charge is 2.20. The fourth-order valence-electron chi connectivity index (χ4n) is 1.97. The van der Waals surface area contributed by atoms with Crippen molar-refractivity contribution >= 4 is 38.5 Å². The Bertz CT molecular complexity index is 649. The minimum absolute atomic E-state index is 0.0717. The molecule has 0 saturated heterocycles. The van der Waals surface area contributed by atoms with E-state index in [9.17, 15) is 13.2 Å². The Morgan fingerprint density at radius 2 is 1.75 bits per heavy atom. The van der Waals surface area contributed by atoms with Gasteiger partial charge >= 0.3 is 0 Å². The average Bonchev–Trinajstić information content (AvgIpc) is 2.38. The van der Waals surface area contributed by atoms with Crippen molar-refractivity contribution in [3.05, 3.63) is 67.0 Å². The molecular weight excluding hydrogens is 446 g/mol. The minimum atomic E-state index is -0.551. The summed E-state index contributed by atoms with van der Waals surface area (Å²) < 4.78 is 41.5. The molecule has 106 valence electrons. The Hall–Kier alpha value is -0.600. The van der Waals surface area contributed by atoms with Gasteiger partial charge < -0.3 is 5.32 Å². The number of benzene rings is 2. The topological polar surface area (TPSA) is 12.0 Å². The number of hydrogen-bond donors (Lipinski definition) is 1. The van der Waals surface area contributed by atoms with Crippen molar-refractivity contribution in [2.24, 2.45) is 0 Å². The summed E-state index contributed by atoms with van der Waals surface area (Å²) in [5.74, 6) is -1.44. The third-order valence-electron chi connectivity index (χ3n) is 2.91. The van der Waals surface area contributed by atoms with E-state index in [1.54, 1.807) is 13.1 Å². The van der Waals surface area contributed by atoms with Crippen LogP contribution in [0.3, 0.4) is 0 Å². The first-order valence-corrected chi connectivity index (χ1v) is 7.58. The Labute approximate surface area is 136 Å². The van der Waals surface area contributed by atoms with Crippen LogP contribution in [0.5, 0.6) is 0 Å². The van der Waals surface area contributed by atoms with E-state index in [4.69, 9.17) is 0 Å². The first-order valence-electron chi connectivity index (χ1n) is 5.70. The molecule has 1 nitrogen and oxygen atoms in total. The molecular formula is C14H10BrF3IN. The fourth-order valence-corrected chi connectivity index (χ4v) is 3.08. The van der Waals surface area contributed by atoms with Crippen LogP contribution < -0.4 is 5.32 Å². The van der Waals surface area contributed by atoms with Gasteiger partial charge in [-0.2, -0.15) is 0 Å². The van der Waals surface area contributed by atoms with Crippen molar-refractivity contribution in [3.8, 4) is 0 Å². The van der Waals surface area contributed by atoms with Crippen LogP contribution in [-0.2, 0) is 0 Å². The highest BCUT2D eigenvalue weighted by Crippen LogP contribution is 2.30. The van der Waals surface area contributed by atoms with Gasteiger partial charge in [-0.25, -0.2) is 13.2 Å². The molecule has 2 rings (SSSR count). The van der Waals surface area contributed by atoms with Crippen LogP contribution in [0.1, 0.15) is 17.2 Å². The standard InChI is InChI=1S/C14H10BrF3IN/c1-20-14(8-3-2-7(16)4-13(8)19)9-5-12(18)10(15)6-11(9)17/h2-6,14,20H,1H3. The van der Waals surface area contributed by atoms with Crippen molar-refractivity contribution in [3.63, 3.8) is 0 Å². The highest BCUT2D eigenvalue weighted by molar-refractivity contribution is 14.1. The Kier molecular flexibility index (Phi) is 5.09. The molecule has 0 bridgehead atoms. The maximum absolute atomic E-state index is 14.1. The predicted molar refractivity (Wildman–Crippen MR) is 84.1 cm³/mol. The fraction of sp³-hybridized carbons (Fsp3) is 0.143. The lowest BCUT2D eigenvalue weighted by atomic mass is 9.98. The van der Waals surface area contributed by atoms with Gasteiger partial charge in [-0.15, -0.1) is 0 Å². The Morgan fingerprint density at radius 1 is 1.05 bits per heavy atom. The third-order valence-corrected chi connectivity index (χ3v) is 4.45. The molecule has 2 aromatic rings. The molecule has 0 aliphatic carbocycles. The lowest BCUT2D eigenvalue weighted by Gasteiger charge is -2.20. The lowest BCUT2D eigenvalue weighted by molar-refractivity contribution is 0.553. The zero-order valence-electron chi connectivity index (χ0n) is 10.4. The summed E-state index contributed by atoms with van der Waals surface area (Å²) in [4.78, 5) is 0. The molecule has 20 heavy (non-hydrogen) atoms. The van der Waals surface area contributed by atoms with Gasteiger partial charge in [-0.1, -0.05) is 6.07 Å². The van der Waals surface area contributed by atoms with Crippen LogP contribution in [0.15, 0.2) is 34.8 Å². The third kappa shape index (κ3) is 3.17. The summed E-state index contributed by atoms with van der Waals surface area (Å²) in [5, 5.41) is 2.93. The van der Waals surface area contributed by atoms with Crippen molar-refractivity contribution < 1.29 is 13.2 Å². The second-order valence-electron chi connectivity index (χ2n) is 4.18. The molecule has 0 aromatic heterocycles. The molecule has 0 radical (unpaired) electrons. The van der Waals surface area contributed by atoms with E-state index in [0.29, 0.717) is 9.13 Å².